The van der Waals surface area contributed by atoms with Crippen molar-refractivity contribution in [3.8, 4) is 0 Å². The first-order valence-corrected chi connectivity index (χ1v) is 9.52. The van der Waals surface area contributed by atoms with Crippen LogP contribution in [0.2, 0.25) is 0 Å². The fourth-order valence-corrected chi connectivity index (χ4v) is 5.10. The lowest BCUT2D eigenvalue weighted by Crippen LogP contribution is -2.40. The second kappa shape index (κ2) is 6.36. The van der Waals surface area contributed by atoms with Gasteiger partial charge in [-0.05, 0) is 51.2 Å². The minimum atomic E-state index is 0.306. The largest absolute Gasteiger partial charge is 0.370 e. The van der Waals surface area contributed by atoms with Gasteiger partial charge in [-0.3, -0.25) is 0 Å². The Morgan fingerprint density at radius 2 is 1.95 bits per heavy atom. The first kappa shape index (κ1) is 14.2. The molecule has 3 heteroatoms. The maximum Gasteiger partial charge on any atom is 0.0708 e. The second-order valence-corrected chi connectivity index (χ2v) is 7.94. The Labute approximate surface area is 122 Å². The number of thioether (sulfide) groups is 1. The van der Waals surface area contributed by atoms with Crippen LogP contribution < -0.4 is 5.32 Å². The van der Waals surface area contributed by atoms with Crippen molar-refractivity contribution in [1.82, 2.24) is 5.32 Å². The molecule has 3 rings (SSSR count). The van der Waals surface area contributed by atoms with E-state index in [0.29, 0.717) is 11.7 Å². The van der Waals surface area contributed by atoms with Crippen molar-refractivity contribution in [3.63, 3.8) is 0 Å². The van der Waals surface area contributed by atoms with Gasteiger partial charge in [-0.2, -0.15) is 11.8 Å². The molecule has 2 nitrogen and oxygen atoms in total. The molecule has 2 saturated carbocycles. The average molecular weight is 283 g/mol. The molecule has 1 spiro atoms. The molecule has 0 radical (unpaired) electrons. The van der Waals surface area contributed by atoms with Gasteiger partial charge in [0.05, 0.1) is 11.7 Å². The predicted molar refractivity (Wildman–Crippen MR) is 82.9 cm³/mol. The van der Waals surface area contributed by atoms with E-state index in [1.54, 1.807) is 0 Å². The van der Waals surface area contributed by atoms with Crippen LogP contribution in [-0.4, -0.2) is 35.8 Å². The monoisotopic (exact) mass is 283 g/mol. The summed E-state index contributed by atoms with van der Waals surface area (Å²) in [4.78, 5) is 0. The van der Waals surface area contributed by atoms with Crippen LogP contribution in [0.1, 0.15) is 64.2 Å². The molecule has 1 aliphatic heterocycles. The molecule has 0 amide bonds. The summed E-state index contributed by atoms with van der Waals surface area (Å²) in [6.45, 7) is 1.09. The lowest BCUT2D eigenvalue weighted by Gasteiger charge is -2.30. The van der Waals surface area contributed by atoms with Crippen LogP contribution in [0.5, 0.6) is 0 Å². The normalized spacial score (nSPS) is 38.1. The minimum Gasteiger partial charge on any atom is -0.370 e. The van der Waals surface area contributed by atoms with Crippen LogP contribution in [0.4, 0.5) is 0 Å². The number of ether oxygens (including phenoxy) is 1. The molecule has 0 aromatic heterocycles. The fourth-order valence-electron chi connectivity index (χ4n) is 4.27. The highest BCUT2D eigenvalue weighted by molar-refractivity contribution is 7.99. The highest BCUT2D eigenvalue weighted by Crippen LogP contribution is 2.43. The Kier molecular flexibility index (Phi) is 4.76. The van der Waals surface area contributed by atoms with Gasteiger partial charge in [0.1, 0.15) is 0 Å². The van der Waals surface area contributed by atoms with E-state index in [-0.39, 0.29) is 0 Å². The first-order valence-electron chi connectivity index (χ1n) is 8.24. The SMILES string of the molecule is CSC1CCCC(NCC2CCC3(CCCC3)O2)C1. The summed E-state index contributed by atoms with van der Waals surface area (Å²) < 4.78 is 6.39. The Balaban J connectivity index is 1.40. The standard InChI is InChI=1S/C16H29NOS/c1-19-15-6-4-5-13(11-15)17-12-14-7-10-16(18-14)8-2-3-9-16/h13-15,17H,2-12H2,1H3. The lowest BCUT2D eigenvalue weighted by molar-refractivity contribution is -0.0361. The van der Waals surface area contributed by atoms with E-state index in [4.69, 9.17) is 4.74 Å². The highest BCUT2D eigenvalue weighted by atomic mass is 32.2. The van der Waals surface area contributed by atoms with E-state index in [2.05, 4.69) is 23.3 Å². The number of hydrogen-bond donors (Lipinski definition) is 1. The predicted octanol–water partition coefficient (Wildman–Crippen LogP) is 3.74. The molecule has 19 heavy (non-hydrogen) atoms. The first-order chi connectivity index (χ1) is 9.30. The van der Waals surface area contributed by atoms with Crippen molar-refractivity contribution in [1.29, 1.82) is 0 Å². The van der Waals surface area contributed by atoms with E-state index in [1.165, 1.54) is 64.2 Å². The summed E-state index contributed by atoms with van der Waals surface area (Å²) in [5.41, 5.74) is 0.306. The summed E-state index contributed by atoms with van der Waals surface area (Å²) in [6, 6.07) is 0.745. The van der Waals surface area contributed by atoms with Gasteiger partial charge in [-0.25, -0.2) is 0 Å². The summed E-state index contributed by atoms with van der Waals surface area (Å²) in [5, 5.41) is 4.68. The summed E-state index contributed by atoms with van der Waals surface area (Å²) in [5.74, 6) is 0. The molecule has 3 aliphatic rings. The third-order valence-corrected chi connectivity index (χ3v) is 6.54. The molecular formula is C16H29NOS. The van der Waals surface area contributed by atoms with E-state index in [9.17, 15) is 0 Å². The molecule has 1 N–H and O–H groups in total. The Morgan fingerprint density at radius 1 is 1.11 bits per heavy atom. The van der Waals surface area contributed by atoms with Gasteiger partial charge < -0.3 is 10.1 Å². The zero-order chi connectivity index (χ0) is 13.1. The Morgan fingerprint density at radius 3 is 2.74 bits per heavy atom. The number of hydrogen-bond acceptors (Lipinski definition) is 3. The zero-order valence-corrected chi connectivity index (χ0v) is 13.1. The number of rotatable bonds is 4. The van der Waals surface area contributed by atoms with Gasteiger partial charge >= 0.3 is 0 Å². The Hall–Kier alpha value is 0.270. The molecule has 110 valence electrons. The van der Waals surface area contributed by atoms with Gasteiger partial charge in [0.15, 0.2) is 0 Å². The molecule has 3 atom stereocenters. The van der Waals surface area contributed by atoms with Crippen molar-refractivity contribution in [3.05, 3.63) is 0 Å². The molecular weight excluding hydrogens is 254 g/mol. The van der Waals surface area contributed by atoms with Crippen LogP contribution in [0.25, 0.3) is 0 Å². The van der Waals surface area contributed by atoms with Crippen LogP contribution in [0.3, 0.4) is 0 Å². The van der Waals surface area contributed by atoms with Crippen molar-refractivity contribution >= 4 is 11.8 Å². The minimum absolute atomic E-state index is 0.306. The molecule has 0 aromatic rings. The zero-order valence-electron chi connectivity index (χ0n) is 12.3. The fraction of sp³-hybridized carbons (Fsp3) is 1.00. The van der Waals surface area contributed by atoms with Gasteiger partial charge in [0.2, 0.25) is 0 Å². The number of nitrogens with one attached hydrogen (secondary N) is 1. The third-order valence-electron chi connectivity index (χ3n) is 5.45. The van der Waals surface area contributed by atoms with Crippen molar-refractivity contribution in [2.45, 2.75) is 87.2 Å². The molecule has 3 fully saturated rings. The lowest BCUT2D eigenvalue weighted by atomic mass is 9.94. The van der Waals surface area contributed by atoms with Gasteiger partial charge in [-0.15, -0.1) is 0 Å². The molecule has 0 aromatic carbocycles. The van der Waals surface area contributed by atoms with E-state index in [0.717, 1.165) is 17.8 Å². The van der Waals surface area contributed by atoms with Crippen molar-refractivity contribution in [2.75, 3.05) is 12.8 Å². The van der Waals surface area contributed by atoms with Crippen molar-refractivity contribution in [2.24, 2.45) is 0 Å². The summed E-state index contributed by atoms with van der Waals surface area (Å²) >= 11 is 2.05. The maximum absolute atomic E-state index is 6.39. The second-order valence-electron chi connectivity index (χ2n) is 6.80. The van der Waals surface area contributed by atoms with Crippen LogP contribution in [0.15, 0.2) is 0 Å². The average Bonchev–Trinajstić information content (AvgIpc) is 3.08. The molecule has 2 aliphatic carbocycles. The quantitative estimate of drug-likeness (QED) is 0.849. The highest BCUT2D eigenvalue weighted by Gasteiger charge is 2.42. The van der Waals surface area contributed by atoms with E-state index in [1.807, 2.05) is 0 Å². The van der Waals surface area contributed by atoms with Crippen molar-refractivity contribution < 1.29 is 4.74 Å². The molecule has 1 heterocycles. The van der Waals surface area contributed by atoms with Crippen LogP contribution in [-0.2, 0) is 4.74 Å². The maximum atomic E-state index is 6.39. The van der Waals surface area contributed by atoms with E-state index >= 15 is 0 Å². The third kappa shape index (κ3) is 3.48. The van der Waals surface area contributed by atoms with Gasteiger partial charge in [0.25, 0.3) is 0 Å². The van der Waals surface area contributed by atoms with Gasteiger partial charge in [-0.1, -0.05) is 19.3 Å². The topological polar surface area (TPSA) is 21.3 Å². The van der Waals surface area contributed by atoms with E-state index < -0.39 is 0 Å². The van der Waals surface area contributed by atoms with Crippen LogP contribution >= 0.6 is 11.8 Å². The summed E-state index contributed by atoms with van der Waals surface area (Å²) in [7, 11) is 0. The summed E-state index contributed by atoms with van der Waals surface area (Å²) in [6.07, 6.45) is 16.3. The Bertz CT molecular complexity index is 290. The molecule has 3 unspecified atom stereocenters. The molecule has 0 bridgehead atoms. The smallest absolute Gasteiger partial charge is 0.0708 e. The van der Waals surface area contributed by atoms with Crippen LogP contribution in [0, 0.1) is 0 Å². The van der Waals surface area contributed by atoms with Gasteiger partial charge in [0, 0.05) is 17.8 Å². The molecule has 1 saturated heterocycles.